The first-order chi connectivity index (χ1) is 17.6. The van der Waals surface area contributed by atoms with E-state index in [1.54, 1.807) is 0 Å². The predicted octanol–water partition coefficient (Wildman–Crippen LogP) is 7.03. The largest absolute Gasteiger partial charge is 0.438 e. The van der Waals surface area contributed by atoms with Crippen molar-refractivity contribution in [2.45, 2.75) is 18.4 Å². The third-order valence-corrected chi connectivity index (χ3v) is 7.18. The number of hydrogen-bond acceptors (Lipinski definition) is 5. The standard InChI is InChI=1S/C30H23N3O2S/c1-19-8-7-12-22(16-19)31-27(34)18-36-30-25-17-24-23-13-6-5-9-20(23)14-15-26(24)35-29(25)32-28(33-30)21-10-3-2-4-11-21/h2-16H,17-18H2,1H3,(H,31,34). The van der Waals surface area contributed by atoms with Crippen LogP contribution in [0.1, 0.15) is 16.7 Å². The van der Waals surface area contributed by atoms with Crippen LogP contribution >= 0.6 is 11.8 Å². The Morgan fingerprint density at radius 3 is 2.61 bits per heavy atom. The lowest BCUT2D eigenvalue weighted by atomic mass is 9.97. The number of aromatic nitrogens is 2. The van der Waals surface area contributed by atoms with E-state index in [0.717, 1.165) is 49.5 Å². The Labute approximate surface area is 213 Å². The molecule has 2 heterocycles. The van der Waals surface area contributed by atoms with Crippen LogP contribution in [0, 0.1) is 6.92 Å². The Balaban J connectivity index is 1.35. The van der Waals surface area contributed by atoms with Gasteiger partial charge in [0, 0.05) is 23.2 Å². The molecule has 0 saturated heterocycles. The van der Waals surface area contributed by atoms with Crippen molar-refractivity contribution in [3.63, 3.8) is 0 Å². The molecule has 0 bridgehead atoms. The summed E-state index contributed by atoms with van der Waals surface area (Å²) in [5.74, 6) is 2.09. The number of fused-ring (bicyclic) bond motifs is 4. The third kappa shape index (κ3) is 4.43. The third-order valence-electron chi connectivity index (χ3n) is 6.16. The normalized spacial score (nSPS) is 11.9. The number of ether oxygens (including phenoxy) is 1. The van der Waals surface area contributed by atoms with Crippen molar-refractivity contribution in [1.82, 2.24) is 9.97 Å². The molecule has 1 aromatic heterocycles. The fourth-order valence-corrected chi connectivity index (χ4v) is 5.27. The molecule has 1 aliphatic rings. The minimum absolute atomic E-state index is 0.0817. The van der Waals surface area contributed by atoms with Gasteiger partial charge in [-0.3, -0.25) is 4.79 Å². The van der Waals surface area contributed by atoms with Crippen LogP contribution in [0.2, 0.25) is 0 Å². The van der Waals surface area contributed by atoms with Crippen molar-refractivity contribution in [2.75, 3.05) is 11.1 Å². The molecule has 5 nitrogen and oxygen atoms in total. The molecule has 0 fully saturated rings. The molecule has 0 radical (unpaired) electrons. The summed E-state index contributed by atoms with van der Waals surface area (Å²) in [6.45, 7) is 2.00. The highest BCUT2D eigenvalue weighted by molar-refractivity contribution is 8.00. The highest BCUT2D eigenvalue weighted by atomic mass is 32.2. The molecular formula is C30H23N3O2S. The molecule has 1 aliphatic heterocycles. The second kappa shape index (κ2) is 9.47. The molecule has 0 unspecified atom stereocenters. The van der Waals surface area contributed by atoms with Crippen LogP contribution in [-0.2, 0) is 11.2 Å². The summed E-state index contributed by atoms with van der Waals surface area (Å²) < 4.78 is 6.34. The minimum atomic E-state index is -0.0817. The molecular weight excluding hydrogens is 466 g/mol. The summed E-state index contributed by atoms with van der Waals surface area (Å²) in [5, 5.41) is 6.06. The zero-order chi connectivity index (χ0) is 24.5. The highest BCUT2D eigenvalue weighted by Gasteiger charge is 2.26. The fraction of sp³-hybridized carbons (Fsp3) is 0.100. The van der Waals surface area contributed by atoms with E-state index in [4.69, 9.17) is 14.7 Å². The van der Waals surface area contributed by atoms with E-state index < -0.39 is 0 Å². The molecule has 1 amide bonds. The van der Waals surface area contributed by atoms with Gasteiger partial charge in [-0.2, -0.15) is 4.98 Å². The molecule has 0 atom stereocenters. The maximum Gasteiger partial charge on any atom is 0.234 e. The highest BCUT2D eigenvalue weighted by Crippen LogP contribution is 2.43. The number of amides is 1. The summed E-state index contributed by atoms with van der Waals surface area (Å²) in [5.41, 5.74) is 4.81. The van der Waals surface area contributed by atoms with Crippen LogP contribution in [0.3, 0.4) is 0 Å². The van der Waals surface area contributed by atoms with Gasteiger partial charge in [-0.25, -0.2) is 4.98 Å². The average Bonchev–Trinajstić information content (AvgIpc) is 2.91. The van der Waals surface area contributed by atoms with Crippen LogP contribution in [0.25, 0.3) is 22.2 Å². The molecule has 5 aromatic rings. The number of anilines is 1. The van der Waals surface area contributed by atoms with Gasteiger partial charge in [-0.05, 0) is 41.5 Å². The molecule has 0 spiro atoms. The van der Waals surface area contributed by atoms with Crippen LogP contribution in [0.4, 0.5) is 5.69 Å². The van der Waals surface area contributed by atoms with Crippen molar-refractivity contribution < 1.29 is 9.53 Å². The summed E-state index contributed by atoms with van der Waals surface area (Å²) in [7, 11) is 0. The summed E-state index contributed by atoms with van der Waals surface area (Å²) in [4.78, 5) is 22.5. The first kappa shape index (κ1) is 22.3. The molecule has 6 heteroatoms. The van der Waals surface area contributed by atoms with Gasteiger partial charge in [0.05, 0.1) is 11.3 Å². The van der Waals surface area contributed by atoms with Gasteiger partial charge in [0.2, 0.25) is 11.8 Å². The van der Waals surface area contributed by atoms with Gasteiger partial charge < -0.3 is 10.1 Å². The number of thioether (sulfide) groups is 1. The van der Waals surface area contributed by atoms with Gasteiger partial charge in [-0.1, -0.05) is 84.6 Å². The number of rotatable bonds is 5. The molecule has 4 aromatic carbocycles. The van der Waals surface area contributed by atoms with E-state index in [1.807, 2.05) is 79.7 Å². The molecule has 0 saturated carbocycles. The monoisotopic (exact) mass is 489 g/mol. The SMILES string of the molecule is Cc1cccc(NC(=O)CSc2nc(-c3ccccc3)nc3c2Cc2c(ccc4ccccc24)O3)c1. The van der Waals surface area contributed by atoms with Gasteiger partial charge >= 0.3 is 0 Å². The number of nitrogens with zero attached hydrogens (tertiary/aromatic N) is 2. The lowest BCUT2D eigenvalue weighted by Gasteiger charge is -2.23. The number of carbonyl (C=O) groups excluding carboxylic acids is 1. The van der Waals surface area contributed by atoms with Gasteiger partial charge in [0.15, 0.2) is 5.82 Å². The van der Waals surface area contributed by atoms with E-state index in [-0.39, 0.29) is 11.7 Å². The van der Waals surface area contributed by atoms with Crippen LogP contribution in [-0.4, -0.2) is 21.6 Å². The van der Waals surface area contributed by atoms with Crippen molar-refractivity contribution in [2.24, 2.45) is 0 Å². The number of carbonyl (C=O) groups is 1. The number of nitrogens with one attached hydrogen (secondary N) is 1. The Morgan fingerprint density at radius 1 is 0.917 bits per heavy atom. The Morgan fingerprint density at radius 2 is 1.75 bits per heavy atom. The smallest absolute Gasteiger partial charge is 0.234 e. The van der Waals surface area contributed by atoms with E-state index in [9.17, 15) is 4.79 Å². The molecule has 176 valence electrons. The van der Waals surface area contributed by atoms with E-state index in [0.29, 0.717) is 18.1 Å². The topological polar surface area (TPSA) is 64.1 Å². The average molecular weight is 490 g/mol. The van der Waals surface area contributed by atoms with Crippen molar-refractivity contribution >= 4 is 34.1 Å². The lowest BCUT2D eigenvalue weighted by Crippen LogP contribution is -2.15. The lowest BCUT2D eigenvalue weighted by molar-refractivity contribution is -0.113. The first-order valence-corrected chi connectivity index (χ1v) is 12.8. The summed E-state index contributed by atoms with van der Waals surface area (Å²) in [6, 6.07) is 30.0. The van der Waals surface area contributed by atoms with Gasteiger partial charge in [-0.15, -0.1) is 0 Å². The van der Waals surface area contributed by atoms with E-state index >= 15 is 0 Å². The number of benzene rings is 4. The zero-order valence-corrected chi connectivity index (χ0v) is 20.5. The Hall–Kier alpha value is -4.16. The van der Waals surface area contributed by atoms with E-state index in [1.165, 1.54) is 11.8 Å². The predicted molar refractivity (Wildman–Crippen MR) is 145 cm³/mol. The molecule has 0 aliphatic carbocycles. The van der Waals surface area contributed by atoms with Crippen LogP contribution in [0.15, 0.2) is 96.0 Å². The second-order valence-electron chi connectivity index (χ2n) is 8.75. The van der Waals surface area contributed by atoms with Crippen LogP contribution < -0.4 is 10.1 Å². The minimum Gasteiger partial charge on any atom is -0.438 e. The summed E-state index contributed by atoms with van der Waals surface area (Å²) >= 11 is 1.41. The molecule has 1 N–H and O–H groups in total. The number of hydrogen-bond donors (Lipinski definition) is 1. The number of aryl methyl sites for hydroxylation is 1. The Kier molecular flexibility index (Phi) is 5.87. The summed E-state index contributed by atoms with van der Waals surface area (Å²) in [6.07, 6.45) is 0.642. The van der Waals surface area contributed by atoms with E-state index in [2.05, 4.69) is 23.5 Å². The fourth-order valence-electron chi connectivity index (χ4n) is 4.44. The van der Waals surface area contributed by atoms with Gasteiger partial charge in [0.1, 0.15) is 10.8 Å². The van der Waals surface area contributed by atoms with Crippen molar-refractivity contribution in [3.8, 4) is 23.0 Å². The second-order valence-corrected chi connectivity index (χ2v) is 9.71. The maximum absolute atomic E-state index is 12.8. The van der Waals surface area contributed by atoms with Crippen molar-refractivity contribution in [3.05, 3.63) is 108 Å². The molecule has 36 heavy (non-hydrogen) atoms. The quantitative estimate of drug-likeness (QED) is 0.208. The van der Waals surface area contributed by atoms with Crippen LogP contribution in [0.5, 0.6) is 11.6 Å². The zero-order valence-electron chi connectivity index (χ0n) is 19.7. The maximum atomic E-state index is 12.8. The Bertz CT molecular complexity index is 1600. The van der Waals surface area contributed by atoms with Crippen molar-refractivity contribution in [1.29, 1.82) is 0 Å². The van der Waals surface area contributed by atoms with Gasteiger partial charge in [0.25, 0.3) is 0 Å². The first-order valence-electron chi connectivity index (χ1n) is 11.8. The molecule has 6 rings (SSSR count).